The molecular formula is C38H59NO4Si. The van der Waals surface area contributed by atoms with Gasteiger partial charge in [0.05, 0.1) is 0 Å². The average molecular weight is 622 g/mol. The fourth-order valence-corrected chi connectivity index (χ4v) is 10.8. The first-order valence-electron chi connectivity index (χ1n) is 17.1. The Morgan fingerprint density at radius 1 is 0.750 bits per heavy atom. The second-order valence-corrected chi connectivity index (χ2v) is 17.5. The minimum absolute atomic E-state index is 0.0110. The molecule has 2 aromatic rings. The molecule has 0 aliphatic carbocycles. The molecule has 1 atom stereocenters. The van der Waals surface area contributed by atoms with Crippen molar-refractivity contribution in [3.05, 3.63) is 72.8 Å². The van der Waals surface area contributed by atoms with Crippen LogP contribution in [0, 0.1) is 0 Å². The second-order valence-electron chi connectivity index (χ2n) is 13.2. The third kappa shape index (κ3) is 13.9. The molecule has 0 heterocycles. The summed E-state index contributed by atoms with van der Waals surface area (Å²) in [7, 11) is -2.48. The summed E-state index contributed by atoms with van der Waals surface area (Å²) >= 11 is 0. The number of rotatable bonds is 23. The summed E-state index contributed by atoms with van der Waals surface area (Å²) in [5.74, 6) is -1.15. The maximum Gasteiger partial charge on any atom is 0.322 e. The number of benzene rings is 2. The molecule has 0 aromatic heterocycles. The standard InChI is InChI=1S/C38H59NO4Si/c1-33(43-44(38(2,3)4,34-27-21-18-22-28-34)35-29-23-19-24-30-35)26-20-16-14-12-10-8-6-5-7-9-11-13-15-17-25-31-36(40)39-32-37(41)42/h12,14,18-19,21-24,27-30,33H,5-11,13,15-17,20,25-26,31-32H2,1-4H3,(H,39,40)(H,41,42)/b14-12+. The van der Waals surface area contributed by atoms with E-state index in [0.717, 1.165) is 38.5 Å². The molecule has 0 aliphatic rings. The van der Waals surface area contributed by atoms with E-state index in [0.29, 0.717) is 6.42 Å². The molecular weight excluding hydrogens is 563 g/mol. The van der Waals surface area contributed by atoms with Gasteiger partial charge in [-0.05, 0) is 60.9 Å². The molecule has 44 heavy (non-hydrogen) atoms. The second kappa shape index (κ2) is 21.1. The SMILES string of the molecule is CC(CCC/C=C/CCCCCCCCCCCCC(=O)NCC(=O)O)O[Si](c1ccccc1)(c1ccccc1)C(C)(C)C. The normalized spacial score (nSPS) is 12.8. The molecule has 244 valence electrons. The Kier molecular flexibility index (Phi) is 18.0. The van der Waals surface area contributed by atoms with Gasteiger partial charge in [-0.25, -0.2) is 0 Å². The van der Waals surface area contributed by atoms with Crippen LogP contribution in [-0.4, -0.2) is 37.9 Å². The van der Waals surface area contributed by atoms with Crippen LogP contribution in [0.15, 0.2) is 72.8 Å². The van der Waals surface area contributed by atoms with Gasteiger partial charge >= 0.3 is 5.97 Å². The lowest BCUT2D eigenvalue weighted by Gasteiger charge is -2.44. The number of nitrogens with one attached hydrogen (secondary N) is 1. The molecule has 0 saturated carbocycles. The van der Waals surface area contributed by atoms with E-state index < -0.39 is 14.3 Å². The number of carboxylic acid groups (broad SMARTS) is 1. The van der Waals surface area contributed by atoms with Gasteiger partial charge in [-0.15, -0.1) is 0 Å². The molecule has 1 amide bonds. The summed E-state index contributed by atoms with van der Waals surface area (Å²) in [6, 6.07) is 21.9. The van der Waals surface area contributed by atoms with Crippen LogP contribution in [0.4, 0.5) is 0 Å². The van der Waals surface area contributed by atoms with Crippen molar-refractivity contribution in [2.45, 2.75) is 135 Å². The van der Waals surface area contributed by atoms with Crippen molar-refractivity contribution in [2.24, 2.45) is 0 Å². The number of amides is 1. The van der Waals surface area contributed by atoms with E-state index in [1.807, 2.05) is 0 Å². The van der Waals surface area contributed by atoms with E-state index in [1.54, 1.807) is 0 Å². The quantitative estimate of drug-likeness (QED) is 0.0741. The van der Waals surface area contributed by atoms with Crippen molar-refractivity contribution >= 4 is 30.6 Å². The van der Waals surface area contributed by atoms with Crippen molar-refractivity contribution < 1.29 is 19.1 Å². The topological polar surface area (TPSA) is 75.6 Å². The number of aliphatic carboxylic acids is 1. The highest BCUT2D eigenvalue weighted by Crippen LogP contribution is 2.38. The van der Waals surface area contributed by atoms with E-state index in [4.69, 9.17) is 9.53 Å². The predicted octanol–water partition coefficient (Wildman–Crippen LogP) is 8.56. The highest BCUT2D eigenvalue weighted by Gasteiger charge is 2.50. The van der Waals surface area contributed by atoms with Crippen LogP contribution in [0.5, 0.6) is 0 Å². The zero-order chi connectivity index (χ0) is 32.1. The number of hydrogen-bond acceptors (Lipinski definition) is 3. The summed E-state index contributed by atoms with van der Waals surface area (Å²) in [4.78, 5) is 21.9. The summed E-state index contributed by atoms with van der Waals surface area (Å²) in [6.45, 7) is 9.01. The minimum Gasteiger partial charge on any atom is -0.480 e. The molecule has 5 nitrogen and oxygen atoms in total. The van der Waals surface area contributed by atoms with E-state index in [1.165, 1.54) is 61.7 Å². The van der Waals surface area contributed by atoms with Crippen LogP contribution < -0.4 is 15.7 Å². The molecule has 6 heteroatoms. The Hall–Kier alpha value is -2.70. The van der Waals surface area contributed by atoms with E-state index in [9.17, 15) is 9.59 Å². The third-order valence-corrected chi connectivity index (χ3v) is 13.6. The summed E-state index contributed by atoms with van der Waals surface area (Å²) in [6.07, 6.45) is 21.9. The zero-order valence-electron chi connectivity index (χ0n) is 28.0. The molecule has 0 fully saturated rings. The molecule has 0 aliphatic heterocycles. The highest BCUT2D eigenvalue weighted by molar-refractivity contribution is 6.99. The lowest BCUT2D eigenvalue weighted by Crippen LogP contribution is -2.67. The van der Waals surface area contributed by atoms with Crippen LogP contribution >= 0.6 is 0 Å². The first-order valence-corrected chi connectivity index (χ1v) is 19.0. The number of allylic oxidation sites excluding steroid dienone is 2. The first kappa shape index (κ1) is 37.5. The van der Waals surface area contributed by atoms with Gasteiger partial charge in [0.2, 0.25) is 5.91 Å². The maximum absolute atomic E-state index is 11.5. The molecule has 0 saturated heterocycles. The van der Waals surface area contributed by atoms with Crippen molar-refractivity contribution in [3.8, 4) is 0 Å². The van der Waals surface area contributed by atoms with Gasteiger partial charge in [0.1, 0.15) is 6.54 Å². The maximum atomic E-state index is 11.5. The van der Waals surface area contributed by atoms with Crippen LogP contribution in [0.2, 0.25) is 5.04 Å². The lowest BCUT2D eigenvalue weighted by molar-refractivity contribution is -0.137. The van der Waals surface area contributed by atoms with Crippen LogP contribution in [-0.2, 0) is 14.0 Å². The minimum atomic E-state index is -2.48. The van der Waals surface area contributed by atoms with Crippen molar-refractivity contribution in [3.63, 3.8) is 0 Å². The highest BCUT2D eigenvalue weighted by atomic mass is 28.4. The Morgan fingerprint density at radius 2 is 1.20 bits per heavy atom. The van der Waals surface area contributed by atoms with Gasteiger partial charge in [-0.3, -0.25) is 9.59 Å². The van der Waals surface area contributed by atoms with E-state index >= 15 is 0 Å². The molecule has 0 spiro atoms. The molecule has 2 rings (SSSR count). The number of carbonyl (C=O) groups is 2. The van der Waals surface area contributed by atoms with Gasteiger partial charge in [-0.1, -0.05) is 145 Å². The van der Waals surface area contributed by atoms with Crippen molar-refractivity contribution in [2.75, 3.05) is 6.54 Å². The summed E-state index contributed by atoms with van der Waals surface area (Å²) in [5, 5.41) is 13.7. The van der Waals surface area contributed by atoms with Crippen LogP contribution in [0.3, 0.4) is 0 Å². The molecule has 1 unspecified atom stereocenters. The van der Waals surface area contributed by atoms with Gasteiger partial charge < -0.3 is 14.8 Å². The predicted molar refractivity (Wildman–Crippen MR) is 187 cm³/mol. The molecule has 0 radical (unpaired) electrons. The Labute approximate surface area is 269 Å². The third-order valence-electron chi connectivity index (χ3n) is 8.40. The van der Waals surface area contributed by atoms with Gasteiger partial charge in [0, 0.05) is 12.5 Å². The summed E-state index contributed by atoms with van der Waals surface area (Å²) in [5.41, 5.74) is 0. The number of hydrogen-bond donors (Lipinski definition) is 2. The Balaban J connectivity index is 1.57. The number of carboxylic acids is 1. The zero-order valence-corrected chi connectivity index (χ0v) is 29.0. The fraction of sp³-hybridized carbons (Fsp3) is 0.579. The van der Waals surface area contributed by atoms with Gasteiger partial charge in [0.25, 0.3) is 8.32 Å². The first-order chi connectivity index (χ1) is 21.2. The van der Waals surface area contributed by atoms with Gasteiger partial charge in [0.15, 0.2) is 0 Å². The van der Waals surface area contributed by atoms with E-state index in [2.05, 4.69) is 106 Å². The van der Waals surface area contributed by atoms with Crippen LogP contribution in [0.1, 0.15) is 124 Å². The molecule has 2 aromatic carbocycles. The molecule has 2 N–H and O–H groups in total. The Morgan fingerprint density at radius 3 is 1.68 bits per heavy atom. The smallest absolute Gasteiger partial charge is 0.322 e. The fourth-order valence-electron chi connectivity index (χ4n) is 6.04. The monoisotopic (exact) mass is 621 g/mol. The largest absolute Gasteiger partial charge is 0.480 e. The number of unbranched alkanes of at least 4 members (excludes halogenated alkanes) is 11. The summed E-state index contributed by atoms with van der Waals surface area (Å²) < 4.78 is 7.21. The average Bonchev–Trinajstić information content (AvgIpc) is 3.00. The van der Waals surface area contributed by atoms with Gasteiger partial charge in [-0.2, -0.15) is 0 Å². The Bertz CT molecular complexity index is 1040. The molecule has 0 bridgehead atoms. The lowest BCUT2D eigenvalue weighted by atomic mass is 10.0. The van der Waals surface area contributed by atoms with E-state index in [-0.39, 0.29) is 23.6 Å². The van der Waals surface area contributed by atoms with Crippen molar-refractivity contribution in [1.82, 2.24) is 5.32 Å². The number of carbonyl (C=O) groups excluding carboxylic acids is 1. The van der Waals surface area contributed by atoms with Crippen molar-refractivity contribution in [1.29, 1.82) is 0 Å². The van der Waals surface area contributed by atoms with Crippen LogP contribution in [0.25, 0.3) is 0 Å².